The molecule has 0 atom stereocenters. The Labute approximate surface area is 133 Å². The Kier molecular flexibility index (Phi) is 5.62. The van der Waals surface area contributed by atoms with Gasteiger partial charge in [0.15, 0.2) is 0 Å². The number of ether oxygens (including phenoxy) is 1. The molecule has 0 aliphatic carbocycles. The van der Waals surface area contributed by atoms with Crippen LogP contribution in [-0.2, 0) is 9.53 Å². The van der Waals surface area contributed by atoms with Crippen LogP contribution < -0.4 is 11.2 Å². The highest BCUT2D eigenvalue weighted by Crippen LogP contribution is 2.41. The normalized spacial score (nSPS) is 21.1. The van der Waals surface area contributed by atoms with Crippen molar-refractivity contribution in [3.63, 3.8) is 0 Å². The first-order valence-electron chi connectivity index (χ1n) is 7.65. The standard InChI is InChI=1S/C16H29N3O3/c1-11(2)13(20)22-8-7-12-9-15(3,4)19(18-14(17)21)16(5,6)10-12/h12H,1,7-10H2,2-6H3,(H3,17,18,21). The Balaban J connectivity index is 2.66. The number of hydrogen-bond donors (Lipinski definition) is 2. The van der Waals surface area contributed by atoms with Gasteiger partial charge in [0.1, 0.15) is 0 Å². The smallest absolute Gasteiger partial charge is 0.333 e. The van der Waals surface area contributed by atoms with Crippen molar-refractivity contribution in [2.24, 2.45) is 11.7 Å². The van der Waals surface area contributed by atoms with Crippen molar-refractivity contribution in [2.75, 3.05) is 6.61 Å². The summed E-state index contributed by atoms with van der Waals surface area (Å²) in [6.07, 6.45) is 2.58. The molecule has 126 valence electrons. The molecule has 3 N–H and O–H groups in total. The van der Waals surface area contributed by atoms with E-state index in [-0.39, 0.29) is 17.0 Å². The molecule has 0 aromatic heterocycles. The summed E-state index contributed by atoms with van der Waals surface area (Å²) in [4.78, 5) is 22.7. The average molecular weight is 311 g/mol. The summed E-state index contributed by atoms with van der Waals surface area (Å²) in [5, 5.41) is 1.94. The van der Waals surface area contributed by atoms with Gasteiger partial charge in [-0.3, -0.25) is 5.43 Å². The van der Waals surface area contributed by atoms with Crippen LogP contribution in [0.25, 0.3) is 0 Å². The Hall–Kier alpha value is -1.56. The Morgan fingerprint density at radius 3 is 2.18 bits per heavy atom. The Bertz CT molecular complexity index is 440. The van der Waals surface area contributed by atoms with E-state index >= 15 is 0 Å². The SMILES string of the molecule is C=C(C)C(=O)OCCC1CC(C)(C)N(NC(N)=O)C(C)(C)C1. The first kappa shape index (κ1) is 18.5. The zero-order chi connectivity index (χ0) is 17.1. The summed E-state index contributed by atoms with van der Waals surface area (Å²) >= 11 is 0. The zero-order valence-electron chi connectivity index (χ0n) is 14.4. The number of nitrogens with one attached hydrogen (secondary N) is 1. The summed E-state index contributed by atoms with van der Waals surface area (Å²) in [6.45, 7) is 13.9. The van der Waals surface area contributed by atoms with E-state index in [9.17, 15) is 9.59 Å². The van der Waals surface area contributed by atoms with Crippen molar-refractivity contribution >= 4 is 12.0 Å². The van der Waals surface area contributed by atoms with E-state index in [1.807, 2.05) is 5.01 Å². The van der Waals surface area contributed by atoms with Crippen molar-refractivity contribution < 1.29 is 14.3 Å². The van der Waals surface area contributed by atoms with Crippen LogP contribution in [0.3, 0.4) is 0 Å². The van der Waals surface area contributed by atoms with Gasteiger partial charge >= 0.3 is 12.0 Å². The fraction of sp³-hybridized carbons (Fsp3) is 0.750. The molecule has 1 aliphatic rings. The second-order valence-corrected chi connectivity index (χ2v) is 7.42. The maximum Gasteiger partial charge on any atom is 0.333 e. The first-order valence-corrected chi connectivity index (χ1v) is 7.65. The fourth-order valence-corrected chi connectivity index (χ4v) is 3.55. The lowest BCUT2D eigenvalue weighted by molar-refractivity contribution is -0.140. The number of nitrogens with zero attached hydrogens (tertiary/aromatic N) is 1. The molecule has 6 nitrogen and oxygen atoms in total. The molecular formula is C16H29N3O3. The molecule has 2 amide bonds. The van der Waals surface area contributed by atoms with Gasteiger partial charge in [-0.05, 0) is 59.8 Å². The average Bonchev–Trinajstić information content (AvgIpc) is 2.32. The molecule has 1 saturated heterocycles. The number of carbonyl (C=O) groups is 2. The molecule has 0 radical (unpaired) electrons. The Morgan fingerprint density at radius 2 is 1.77 bits per heavy atom. The van der Waals surface area contributed by atoms with E-state index in [1.165, 1.54) is 0 Å². The second-order valence-electron chi connectivity index (χ2n) is 7.42. The van der Waals surface area contributed by atoms with Gasteiger partial charge in [-0.2, -0.15) is 0 Å². The topological polar surface area (TPSA) is 84.7 Å². The molecule has 0 unspecified atom stereocenters. The van der Waals surface area contributed by atoms with Crippen LogP contribution in [0.1, 0.15) is 53.9 Å². The highest BCUT2D eigenvalue weighted by atomic mass is 16.5. The number of hydrogen-bond acceptors (Lipinski definition) is 4. The molecule has 0 aromatic rings. The lowest BCUT2D eigenvalue weighted by atomic mass is 9.74. The van der Waals surface area contributed by atoms with Crippen LogP contribution in [0, 0.1) is 5.92 Å². The third kappa shape index (κ3) is 4.73. The number of carbonyl (C=O) groups excluding carboxylic acids is 2. The zero-order valence-corrected chi connectivity index (χ0v) is 14.4. The van der Waals surface area contributed by atoms with Crippen LogP contribution >= 0.6 is 0 Å². The minimum absolute atomic E-state index is 0.222. The van der Waals surface area contributed by atoms with Gasteiger partial charge in [-0.15, -0.1) is 0 Å². The quantitative estimate of drug-likeness (QED) is 0.603. The summed E-state index contributed by atoms with van der Waals surface area (Å²) in [5.41, 5.74) is 8.00. The molecule has 0 spiro atoms. The number of hydrazine groups is 1. The van der Waals surface area contributed by atoms with Crippen molar-refractivity contribution in [1.29, 1.82) is 0 Å². The maximum atomic E-state index is 11.4. The van der Waals surface area contributed by atoms with Crippen LogP contribution in [0.15, 0.2) is 12.2 Å². The molecule has 0 bridgehead atoms. The summed E-state index contributed by atoms with van der Waals surface area (Å²) < 4.78 is 5.19. The number of primary amides is 1. The number of rotatable bonds is 5. The minimum atomic E-state index is -0.546. The van der Waals surface area contributed by atoms with Crippen molar-refractivity contribution in [3.05, 3.63) is 12.2 Å². The monoisotopic (exact) mass is 311 g/mol. The van der Waals surface area contributed by atoms with Gasteiger partial charge in [0.25, 0.3) is 0 Å². The summed E-state index contributed by atoms with van der Waals surface area (Å²) in [7, 11) is 0. The highest BCUT2D eigenvalue weighted by Gasteiger charge is 2.45. The lowest BCUT2D eigenvalue weighted by Crippen LogP contribution is -2.67. The molecule has 1 fully saturated rings. The summed E-state index contributed by atoms with van der Waals surface area (Å²) in [6, 6.07) is -0.546. The molecule has 0 saturated carbocycles. The molecule has 1 aliphatic heterocycles. The number of esters is 1. The largest absolute Gasteiger partial charge is 0.462 e. The number of urea groups is 1. The molecular weight excluding hydrogens is 282 g/mol. The molecule has 22 heavy (non-hydrogen) atoms. The number of amides is 2. The number of piperidine rings is 1. The lowest BCUT2D eigenvalue weighted by Gasteiger charge is -2.54. The van der Waals surface area contributed by atoms with Crippen molar-refractivity contribution in [2.45, 2.75) is 65.0 Å². The highest BCUT2D eigenvalue weighted by molar-refractivity contribution is 5.86. The third-order valence-electron chi connectivity index (χ3n) is 4.12. The van der Waals surface area contributed by atoms with E-state index in [0.29, 0.717) is 18.1 Å². The van der Waals surface area contributed by atoms with E-state index in [4.69, 9.17) is 10.5 Å². The summed E-state index contributed by atoms with van der Waals surface area (Å²) in [5.74, 6) is 0.0696. The van der Waals surface area contributed by atoms with Gasteiger partial charge in [0.2, 0.25) is 0 Å². The van der Waals surface area contributed by atoms with Gasteiger partial charge in [-0.1, -0.05) is 6.58 Å². The maximum absolute atomic E-state index is 11.4. The fourth-order valence-electron chi connectivity index (χ4n) is 3.55. The third-order valence-corrected chi connectivity index (χ3v) is 4.12. The van der Waals surface area contributed by atoms with Crippen LogP contribution in [0.4, 0.5) is 4.79 Å². The predicted octanol–water partition coefficient (Wildman–Crippen LogP) is 2.35. The van der Waals surface area contributed by atoms with Gasteiger partial charge < -0.3 is 10.5 Å². The first-order chi connectivity index (χ1) is 9.95. The van der Waals surface area contributed by atoms with Crippen LogP contribution in [0.5, 0.6) is 0 Å². The van der Waals surface area contributed by atoms with E-state index in [1.54, 1.807) is 6.92 Å². The predicted molar refractivity (Wildman–Crippen MR) is 85.8 cm³/mol. The molecule has 0 aromatic carbocycles. The van der Waals surface area contributed by atoms with Crippen LogP contribution in [0.2, 0.25) is 0 Å². The van der Waals surface area contributed by atoms with Crippen molar-refractivity contribution in [3.8, 4) is 0 Å². The molecule has 6 heteroatoms. The minimum Gasteiger partial charge on any atom is -0.462 e. The van der Waals surface area contributed by atoms with Crippen LogP contribution in [-0.4, -0.2) is 34.7 Å². The van der Waals surface area contributed by atoms with E-state index in [0.717, 1.165) is 19.3 Å². The molecule has 1 heterocycles. The van der Waals surface area contributed by atoms with Gasteiger partial charge in [0.05, 0.1) is 6.61 Å². The van der Waals surface area contributed by atoms with E-state index < -0.39 is 6.03 Å². The van der Waals surface area contributed by atoms with Gasteiger partial charge in [-0.25, -0.2) is 14.6 Å². The Morgan fingerprint density at radius 1 is 1.27 bits per heavy atom. The second kappa shape index (κ2) is 6.69. The van der Waals surface area contributed by atoms with E-state index in [2.05, 4.69) is 39.7 Å². The van der Waals surface area contributed by atoms with Crippen molar-refractivity contribution in [1.82, 2.24) is 10.4 Å². The number of nitrogens with two attached hydrogens (primary N) is 1. The van der Waals surface area contributed by atoms with Gasteiger partial charge in [0, 0.05) is 16.7 Å². The molecule has 1 rings (SSSR count).